The molecule has 1 aliphatic rings. The van der Waals surface area contributed by atoms with Crippen molar-refractivity contribution in [2.75, 3.05) is 5.06 Å². The van der Waals surface area contributed by atoms with Gasteiger partial charge in [0.25, 0.3) is 0 Å². The smallest absolute Gasteiger partial charge is 0.329 e. The van der Waals surface area contributed by atoms with Crippen LogP contribution in [0.2, 0.25) is 0 Å². The number of hydrogen-bond donors (Lipinski definition) is 2. The standard InChI is InChI=1S/C19H15NO3/c21-19(22)18-11-16-8-7-15(10-17(16)20(18)23)14-6-5-12-3-1-2-4-13(12)9-14/h1-10,18,23H,11H2,(H,21,22). The molecule has 0 saturated heterocycles. The number of hydrogen-bond acceptors (Lipinski definition) is 3. The minimum Gasteiger partial charge on any atom is -0.480 e. The summed E-state index contributed by atoms with van der Waals surface area (Å²) in [6, 6.07) is 19.1. The van der Waals surface area contributed by atoms with E-state index >= 15 is 0 Å². The predicted molar refractivity (Wildman–Crippen MR) is 88.8 cm³/mol. The zero-order chi connectivity index (χ0) is 16.0. The molecule has 2 N–H and O–H groups in total. The van der Waals surface area contributed by atoms with E-state index in [2.05, 4.69) is 24.3 Å². The highest BCUT2D eigenvalue weighted by Gasteiger charge is 2.33. The Morgan fingerprint density at radius 3 is 2.43 bits per heavy atom. The second-order valence-electron chi connectivity index (χ2n) is 5.81. The van der Waals surface area contributed by atoms with E-state index in [9.17, 15) is 10.0 Å². The summed E-state index contributed by atoms with van der Waals surface area (Å²) >= 11 is 0. The Labute approximate surface area is 133 Å². The molecule has 3 aromatic carbocycles. The Bertz CT molecular complexity index is 919. The van der Waals surface area contributed by atoms with Crippen molar-refractivity contribution >= 4 is 22.4 Å². The second kappa shape index (κ2) is 5.11. The van der Waals surface area contributed by atoms with Crippen LogP contribution in [0.4, 0.5) is 5.69 Å². The maximum Gasteiger partial charge on any atom is 0.329 e. The summed E-state index contributed by atoms with van der Waals surface area (Å²) in [5.74, 6) is -1.02. The van der Waals surface area contributed by atoms with Gasteiger partial charge in [0.05, 0.1) is 5.69 Å². The first kappa shape index (κ1) is 13.8. The fourth-order valence-corrected chi connectivity index (χ4v) is 3.15. The number of anilines is 1. The van der Waals surface area contributed by atoms with Gasteiger partial charge in [-0.15, -0.1) is 0 Å². The van der Waals surface area contributed by atoms with Gasteiger partial charge in [0.1, 0.15) is 0 Å². The third kappa shape index (κ3) is 2.24. The van der Waals surface area contributed by atoms with Crippen molar-refractivity contribution in [2.45, 2.75) is 12.5 Å². The molecule has 0 bridgehead atoms. The Morgan fingerprint density at radius 2 is 1.65 bits per heavy atom. The highest BCUT2D eigenvalue weighted by atomic mass is 16.5. The third-order valence-electron chi connectivity index (χ3n) is 4.41. The van der Waals surface area contributed by atoms with Gasteiger partial charge in [0, 0.05) is 6.42 Å². The summed E-state index contributed by atoms with van der Waals surface area (Å²) in [6.45, 7) is 0. The molecule has 4 rings (SSSR count). The number of rotatable bonds is 2. The fraction of sp³-hybridized carbons (Fsp3) is 0.105. The van der Waals surface area contributed by atoms with Gasteiger partial charge in [-0.05, 0) is 39.6 Å². The van der Waals surface area contributed by atoms with Gasteiger partial charge >= 0.3 is 5.97 Å². The molecule has 0 amide bonds. The highest BCUT2D eigenvalue weighted by Crippen LogP contribution is 2.35. The largest absolute Gasteiger partial charge is 0.480 e. The topological polar surface area (TPSA) is 60.8 Å². The third-order valence-corrected chi connectivity index (χ3v) is 4.41. The van der Waals surface area contributed by atoms with E-state index in [1.807, 2.05) is 36.4 Å². The Morgan fingerprint density at radius 1 is 0.957 bits per heavy atom. The summed E-state index contributed by atoms with van der Waals surface area (Å²) in [5, 5.41) is 22.5. The molecular weight excluding hydrogens is 290 g/mol. The number of fused-ring (bicyclic) bond motifs is 2. The highest BCUT2D eigenvalue weighted by molar-refractivity contribution is 5.88. The van der Waals surface area contributed by atoms with Crippen molar-refractivity contribution in [1.29, 1.82) is 0 Å². The SMILES string of the molecule is O=C(O)C1Cc2ccc(-c3ccc4ccccc4c3)cc2N1O. The van der Waals surface area contributed by atoms with Crippen LogP contribution >= 0.6 is 0 Å². The van der Waals surface area contributed by atoms with E-state index in [0.717, 1.165) is 27.1 Å². The van der Waals surface area contributed by atoms with E-state index in [1.54, 1.807) is 0 Å². The van der Waals surface area contributed by atoms with Crippen LogP contribution in [-0.4, -0.2) is 22.3 Å². The summed E-state index contributed by atoms with van der Waals surface area (Å²) in [5.41, 5.74) is 3.42. The predicted octanol–water partition coefficient (Wildman–Crippen LogP) is 3.71. The number of carboxylic acids is 1. The maximum absolute atomic E-state index is 11.2. The Hall–Kier alpha value is -2.85. The molecule has 0 fully saturated rings. The van der Waals surface area contributed by atoms with Crippen LogP contribution in [0.1, 0.15) is 5.56 Å². The van der Waals surface area contributed by atoms with Gasteiger partial charge in [-0.3, -0.25) is 5.21 Å². The monoisotopic (exact) mass is 305 g/mol. The number of benzene rings is 3. The molecule has 0 spiro atoms. The number of nitrogens with zero attached hydrogens (tertiary/aromatic N) is 1. The van der Waals surface area contributed by atoms with Crippen molar-refractivity contribution in [1.82, 2.24) is 0 Å². The Kier molecular flexibility index (Phi) is 3.06. The normalized spacial score (nSPS) is 16.6. The van der Waals surface area contributed by atoms with E-state index in [0.29, 0.717) is 12.1 Å². The first-order valence-electron chi connectivity index (χ1n) is 7.46. The summed E-state index contributed by atoms with van der Waals surface area (Å²) in [4.78, 5) is 11.2. The van der Waals surface area contributed by atoms with Gasteiger partial charge in [0.2, 0.25) is 0 Å². The minimum absolute atomic E-state index is 0.319. The molecule has 0 aliphatic carbocycles. The molecule has 4 nitrogen and oxygen atoms in total. The average Bonchev–Trinajstić information content (AvgIpc) is 2.91. The second-order valence-corrected chi connectivity index (χ2v) is 5.81. The first-order chi connectivity index (χ1) is 11.1. The average molecular weight is 305 g/mol. The summed E-state index contributed by atoms with van der Waals surface area (Å²) < 4.78 is 0. The van der Waals surface area contributed by atoms with Crippen molar-refractivity contribution in [3.8, 4) is 11.1 Å². The minimum atomic E-state index is -1.02. The van der Waals surface area contributed by atoms with Gasteiger partial charge in [0.15, 0.2) is 6.04 Å². The van der Waals surface area contributed by atoms with Crippen LogP contribution in [0.5, 0.6) is 0 Å². The molecule has 0 aromatic heterocycles. The van der Waals surface area contributed by atoms with Gasteiger partial charge in [-0.1, -0.05) is 48.5 Å². The lowest BCUT2D eigenvalue weighted by atomic mass is 9.99. The van der Waals surface area contributed by atoms with E-state index in [1.165, 1.54) is 5.39 Å². The number of carboxylic acid groups (broad SMARTS) is 1. The fourth-order valence-electron chi connectivity index (χ4n) is 3.15. The van der Waals surface area contributed by atoms with E-state index < -0.39 is 12.0 Å². The number of aliphatic carboxylic acids is 1. The lowest BCUT2D eigenvalue weighted by Gasteiger charge is -2.16. The number of carbonyl (C=O) groups is 1. The molecule has 1 aliphatic heterocycles. The molecule has 1 atom stereocenters. The van der Waals surface area contributed by atoms with Gasteiger partial charge < -0.3 is 5.11 Å². The summed E-state index contributed by atoms with van der Waals surface area (Å²) in [7, 11) is 0. The van der Waals surface area contributed by atoms with E-state index in [4.69, 9.17) is 5.11 Å². The first-order valence-corrected chi connectivity index (χ1v) is 7.46. The van der Waals surface area contributed by atoms with Gasteiger partial charge in [-0.2, -0.15) is 0 Å². The van der Waals surface area contributed by atoms with Crippen molar-refractivity contribution < 1.29 is 15.1 Å². The van der Waals surface area contributed by atoms with E-state index in [-0.39, 0.29) is 0 Å². The van der Waals surface area contributed by atoms with Crippen molar-refractivity contribution in [2.24, 2.45) is 0 Å². The van der Waals surface area contributed by atoms with Crippen LogP contribution in [0.25, 0.3) is 21.9 Å². The Balaban J connectivity index is 1.77. The lowest BCUT2D eigenvalue weighted by Crippen LogP contribution is -2.35. The quantitative estimate of drug-likeness (QED) is 0.757. The molecular formula is C19H15NO3. The molecule has 3 aromatic rings. The van der Waals surface area contributed by atoms with Crippen molar-refractivity contribution in [3.05, 3.63) is 66.2 Å². The number of hydroxylamine groups is 1. The van der Waals surface area contributed by atoms with Crippen LogP contribution in [0.15, 0.2) is 60.7 Å². The molecule has 1 unspecified atom stereocenters. The zero-order valence-electron chi connectivity index (χ0n) is 12.3. The lowest BCUT2D eigenvalue weighted by molar-refractivity contribution is -0.139. The molecule has 4 heteroatoms. The molecule has 23 heavy (non-hydrogen) atoms. The molecule has 1 heterocycles. The zero-order valence-corrected chi connectivity index (χ0v) is 12.3. The summed E-state index contributed by atoms with van der Waals surface area (Å²) in [6.07, 6.45) is 0.319. The maximum atomic E-state index is 11.2. The molecule has 114 valence electrons. The molecule has 0 saturated carbocycles. The van der Waals surface area contributed by atoms with Crippen LogP contribution in [0, 0.1) is 0 Å². The van der Waals surface area contributed by atoms with Crippen molar-refractivity contribution in [3.63, 3.8) is 0 Å². The van der Waals surface area contributed by atoms with Crippen LogP contribution in [0.3, 0.4) is 0 Å². The van der Waals surface area contributed by atoms with Crippen LogP contribution < -0.4 is 5.06 Å². The van der Waals surface area contributed by atoms with Gasteiger partial charge in [-0.25, -0.2) is 9.86 Å². The molecule has 0 radical (unpaired) electrons. The van der Waals surface area contributed by atoms with Crippen LogP contribution in [-0.2, 0) is 11.2 Å².